The molecule has 2 aromatic rings. The molecule has 2 atom stereocenters. The van der Waals surface area contributed by atoms with E-state index in [9.17, 15) is 28.8 Å². The molecule has 2 aromatic carbocycles. The van der Waals surface area contributed by atoms with E-state index in [4.69, 9.17) is 18.9 Å². The van der Waals surface area contributed by atoms with E-state index in [1.807, 2.05) is 6.07 Å². The minimum Gasteiger partial charge on any atom is -0.469 e. The second-order valence-electron chi connectivity index (χ2n) is 11.3. The van der Waals surface area contributed by atoms with Crippen molar-refractivity contribution in [3.05, 3.63) is 71.3 Å². The average Bonchev–Trinajstić information content (AvgIpc) is 3.00. The summed E-state index contributed by atoms with van der Waals surface area (Å²) in [6, 6.07) is 12.7. The lowest BCUT2D eigenvalue weighted by Gasteiger charge is -2.41. The van der Waals surface area contributed by atoms with Crippen molar-refractivity contribution in [2.75, 3.05) is 33.9 Å². The predicted octanol–water partition coefficient (Wildman–Crippen LogP) is 2.25. The molecular formula is C32H39N3O10. The van der Waals surface area contributed by atoms with E-state index in [1.54, 1.807) is 57.2 Å². The Bertz CT molecular complexity index is 1370. The Morgan fingerprint density at radius 3 is 2.16 bits per heavy atom. The zero-order valence-corrected chi connectivity index (χ0v) is 26.1. The van der Waals surface area contributed by atoms with Crippen LogP contribution in [0, 0.1) is 0 Å². The van der Waals surface area contributed by atoms with Crippen LogP contribution >= 0.6 is 0 Å². The molecule has 0 spiro atoms. The van der Waals surface area contributed by atoms with Crippen LogP contribution in [-0.2, 0) is 51.2 Å². The number of piperazine rings is 1. The fourth-order valence-electron chi connectivity index (χ4n) is 4.67. The first-order valence-electron chi connectivity index (χ1n) is 14.3. The molecule has 3 rings (SSSR count). The number of esters is 3. The lowest BCUT2D eigenvalue weighted by molar-refractivity contribution is -0.164. The molecule has 1 aliphatic heterocycles. The Morgan fingerprint density at radius 2 is 1.56 bits per heavy atom. The number of rotatable bonds is 11. The summed E-state index contributed by atoms with van der Waals surface area (Å²) >= 11 is 0. The number of carbonyl (C=O) groups is 6. The van der Waals surface area contributed by atoms with Gasteiger partial charge in [0.1, 0.15) is 30.8 Å². The molecule has 3 amide bonds. The van der Waals surface area contributed by atoms with E-state index in [2.05, 4.69) is 5.32 Å². The molecule has 1 fully saturated rings. The molecule has 45 heavy (non-hydrogen) atoms. The van der Waals surface area contributed by atoms with Crippen molar-refractivity contribution in [3.63, 3.8) is 0 Å². The van der Waals surface area contributed by atoms with Gasteiger partial charge in [-0.25, -0.2) is 9.59 Å². The number of alkyl carbamates (subject to hydrolysis) is 1. The monoisotopic (exact) mass is 625 g/mol. The van der Waals surface area contributed by atoms with Crippen molar-refractivity contribution < 1.29 is 47.7 Å². The van der Waals surface area contributed by atoms with Crippen LogP contribution in [0.5, 0.6) is 0 Å². The summed E-state index contributed by atoms with van der Waals surface area (Å²) in [6.45, 7) is 4.64. The fraction of sp³-hybridized carbons (Fsp3) is 0.438. The maximum absolute atomic E-state index is 14.0. The average molecular weight is 626 g/mol. The van der Waals surface area contributed by atoms with Gasteiger partial charge >= 0.3 is 24.0 Å². The fourth-order valence-corrected chi connectivity index (χ4v) is 4.67. The highest BCUT2D eigenvalue weighted by Crippen LogP contribution is 2.20. The first-order valence-corrected chi connectivity index (χ1v) is 14.3. The number of hydrogen-bond acceptors (Lipinski definition) is 10. The molecule has 13 nitrogen and oxygen atoms in total. The molecule has 1 aliphatic rings. The van der Waals surface area contributed by atoms with E-state index in [-0.39, 0.29) is 32.7 Å². The van der Waals surface area contributed by atoms with Crippen LogP contribution < -0.4 is 5.32 Å². The summed E-state index contributed by atoms with van der Waals surface area (Å²) in [6.07, 6.45) is -1.37. The van der Waals surface area contributed by atoms with E-state index in [1.165, 1.54) is 29.0 Å². The number of nitrogens with zero attached hydrogens (tertiary/aromatic N) is 2. The van der Waals surface area contributed by atoms with Crippen molar-refractivity contribution in [2.45, 2.75) is 57.9 Å². The second-order valence-corrected chi connectivity index (χ2v) is 11.3. The van der Waals surface area contributed by atoms with Gasteiger partial charge in [0.15, 0.2) is 0 Å². The third-order valence-corrected chi connectivity index (χ3v) is 6.81. The van der Waals surface area contributed by atoms with Crippen LogP contribution in [0.2, 0.25) is 0 Å². The Morgan fingerprint density at radius 1 is 0.889 bits per heavy atom. The van der Waals surface area contributed by atoms with Crippen molar-refractivity contribution in [1.82, 2.24) is 15.1 Å². The van der Waals surface area contributed by atoms with E-state index in [0.717, 1.165) is 12.7 Å². The van der Waals surface area contributed by atoms with Crippen molar-refractivity contribution in [3.8, 4) is 0 Å². The largest absolute Gasteiger partial charge is 0.469 e. The lowest BCUT2D eigenvalue weighted by Crippen LogP contribution is -2.63. The number of carbonyl (C=O) groups excluding carboxylic acids is 6. The minimum absolute atomic E-state index is 0.0134. The zero-order chi connectivity index (χ0) is 33.1. The molecule has 0 saturated carbocycles. The Balaban J connectivity index is 1.85. The van der Waals surface area contributed by atoms with Gasteiger partial charge in [0.25, 0.3) is 0 Å². The molecule has 1 N–H and O–H groups in total. The lowest BCUT2D eigenvalue weighted by atomic mass is 10.0. The molecule has 1 heterocycles. The number of nitrogens with one attached hydrogen (secondary N) is 1. The van der Waals surface area contributed by atoms with Gasteiger partial charge in [-0.3, -0.25) is 19.2 Å². The Hall–Kier alpha value is -4.94. The van der Waals surface area contributed by atoms with Crippen LogP contribution in [0.3, 0.4) is 0 Å². The van der Waals surface area contributed by atoms with Gasteiger partial charge in [0, 0.05) is 19.5 Å². The first-order chi connectivity index (χ1) is 21.3. The summed E-state index contributed by atoms with van der Waals surface area (Å²) in [5.74, 6) is -3.20. The van der Waals surface area contributed by atoms with E-state index >= 15 is 0 Å². The smallest absolute Gasteiger partial charge is 0.408 e. The van der Waals surface area contributed by atoms with Crippen molar-refractivity contribution in [2.24, 2.45) is 0 Å². The first kappa shape index (κ1) is 34.5. The van der Waals surface area contributed by atoms with Crippen molar-refractivity contribution in [1.29, 1.82) is 0 Å². The molecule has 0 radical (unpaired) electrons. The van der Waals surface area contributed by atoms with Crippen molar-refractivity contribution >= 4 is 35.8 Å². The summed E-state index contributed by atoms with van der Waals surface area (Å²) < 4.78 is 20.2. The quantitative estimate of drug-likeness (QED) is 0.290. The molecule has 0 bridgehead atoms. The molecular weight excluding hydrogens is 586 g/mol. The standard InChI is InChI=1S/C32H39N3O10/c1-32(2,3)45-27(37)19-34-15-16-35(25(29(34)39)18-26(36)42-4)28(38)24(17-21-11-13-23(14-12-21)30(40)43-5)33-31(41)44-20-22-9-7-6-8-10-22/h6-14,24-25H,15-20H2,1-5H3,(H,33,41)/t24-,25?/m0/s1. The van der Waals surface area contributed by atoms with Crippen LogP contribution in [0.15, 0.2) is 54.6 Å². The van der Waals surface area contributed by atoms with Gasteiger partial charge in [0.05, 0.1) is 26.2 Å². The summed E-state index contributed by atoms with van der Waals surface area (Å²) in [5, 5.41) is 2.59. The highest BCUT2D eigenvalue weighted by atomic mass is 16.6. The van der Waals surface area contributed by atoms with Crippen LogP contribution in [-0.4, -0.2) is 97.2 Å². The molecule has 242 valence electrons. The van der Waals surface area contributed by atoms with Crippen LogP contribution in [0.1, 0.15) is 48.7 Å². The predicted molar refractivity (Wildman–Crippen MR) is 160 cm³/mol. The van der Waals surface area contributed by atoms with Crippen LogP contribution in [0.25, 0.3) is 0 Å². The summed E-state index contributed by atoms with van der Waals surface area (Å²) in [7, 11) is 2.42. The molecule has 1 unspecified atom stereocenters. The Kier molecular flexibility index (Phi) is 12.0. The van der Waals surface area contributed by atoms with Gasteiger partial charge < -0.3 is 34.1 Å². The third kappa shape index (κ3) is 10.3. The van der Waals surface area contributed by atoms with Gasteiger partial charge in [-0.15, -0.1) is 0 Å². The van der Waals surface area contributed by atoms with Gasteiger partial charge in [-0.2, -0.15) is 0 Å². The number of ether oxygens (including phenoxy) is 4. The molecule has 0 aromatic heterocycles. The van der Waals surface area contributed by atoms with Gasteiger partial charge in [-0.05, 0) is 44.0 Å². The number of amides is 3. The normalized spacial score (nSPS) is 15.5. The number of hydrogen-bond donors (Lipinski definition) is 1. The SMILES string of the molecule is COC(=O)CC1C(=O)N(CC(=O)OC(C)(C)C)CCN1C(=O)[C@H](Cc1ccc(C(=O)OC)cc1)NC(=O)OCc1ccccc1. The topological polar surface area (TPSA) is 158 Å². The van der Waals surface area contributed by atoms with Gasteiger partial charge in [-0.1, -0.05) is 42.5 Å². The molecule has 13 heteroatoms. The zero-order valence-electron chi connectivity index (χ0n) is 26.1. The highest BCUT2D eigenvalue weighted by Gasteiger charge is 2.42. The minimum atomic E-state index is -1.30. The highest BCUT2D eigenvalue weighted by molar-refractivity contribution is 5.95. The summed E-state index contributed by atoms with van der Waals surface area (Å²) in [5.41, 5.74) is 0.846. The second kappa shape index (κ2) is 15.7. The van der Waals surface area contributed by atoms with Gasteiger partial charge in [0.2, 0.25) is 11.8 Å². The van der Waals surface area contributed by atoms with E-state index < -0.39 is 59.9 Å². The molecule has 0 aliphatic carbocycles. The van der Waals surface area contributed by atoms with Crippen LogP contribution in [0.4, 0.5) is 4.79 Å². The number of benzene rings is 2. The number of methoxy groups -OCH3 is 2. The third-order valence-electron chi connectivity index (χ3n) is 6.81. The molecule has 1 saturated heterocycles. The summed E-state index contributed by atoms with van der Waals surface area (Å²) in [4.78, 5) is 79.6. The maximum atomic E-state index is 14.0. The Labute approximate surface area is 261 Å². The maximum Gasteiger partial charge on any atom is 0.408 e. The van der Waals surface area contributed by atoms with E-state index in [0.29, 0.717) is 11.1 Å².